The first-order valence-corrected chi connectivity index (χ1v) is 14.7. The summed E-state index contributed by atoms with van der Waals surface area (Å²) < 4.78 is 44.3. The molecule has 0 radical (unpaired) electrons. The molecule has 4 atom stereocenters. The Bertz CT molecular complexity index is 1590. The Morgan fingerprint density at radius 2 is 1.88 bits per heavy atom. The van der Waals surface area contributed by atoms with Gasteiger partial charge in [0.05, 0.1) is 22.3 Å². The molecule has 0 aromatic heterocycles. The average Bonchev–Trinajstić information content (AvgIpc) is 3.56. The Morgan fingerprint density at radius 1 is 1.15 bits per heavy atom. The Morgan fingerprint density at radius 3 is 2.59 bits per heavy atom. The molecule has 0 spiro atoms. The molecule has 0 saturated heterocycles. The van der Waals surface area contributed by atoms with Crippen molar-refractivity contribution in [2.45, 2.75) is 81.1 Å². The van der Waals surface area contributed by atoms with Gasteiger partial charge < -0.3 is 19.9 Å². The lowest BCUT2D eigenvalue weighted by Gasteiger charge is -2.38. The van der Waals surface area contributed by atoms with Crippen LogP contribution in [-0.2, 0) is 5.60 Å². The van der Waals surface area contributed by atoms with Crippen LogP contribution >= 0.6 is 11.6 Å². The first-order chi connectivity index (χ1) is 19.6. The standard InChI is InChI=1S/C33H31ClF2N2O3/c1-17-26-25(41-33(17,19-6-4-3-5-7-19)16-38-20-8-10-32(2,39)11-9-20)14-23(35)29(34)28(26)27-18(15-37)12-22-21-13-24(21)40-31(22)30(27)36/h3-7,12,14,17,20-21,24,38-39H,8-11,13,16H2,1-2H3/t17-,20?,21?,24?,32?,33-/m0/s1. The SMILES string of the molecule is C[C@H]1c2c(cc(F)c(Cl)c2-c2c(C#N)cc3c(c2F)OC2CC32)O[C@]1(CNC1CCC(C)(O)CC1)c1ccccc1. The van der Waals surface area contributed by atoms with Crippen molar-refractivity contribution in [2.24, 2.45) is 0 Å². The summed E-state index contributed by atoms with van der Waals surface area (Å²) >= 11 is 6.64. The van der Waals surface area contributed by atoms with Crippen molar-refractivity contribution in [3.8, 4) is 28.7 Å². The Balaban J connectivity index is 1.35. The molecular formula is C33H31ClF2N2O3. The van der Waals surface area contributed by atoms with Gasteiger partial charge in [-0.25, -0.2) is 8.78 Å². The van der Waals surface area contributed by atoms with Crippen LogP contribution in [0.1, 0.15) is 80.0 Å². The van der Waals surface area contributed by atoms with Gasteiger partial charge in [-0.2, -0.15) is 5.26 Å². The molecular weight excluding hydrogens is 546 g/mol. The highest BCUT2D eigenvalue weighted by Gasteiger charge is 2.52. The van der Waals surface area contributed by atoms with E-state index in [4.69, 9.17) is 21.1 Å². The summed E-state index contributed by atoms with van der Waals surface area (Å²) in [5.74, 6) is -1.31. The van der Waals surface area contributed by atoms with Crippen molar-refractivity contribution in [3.63, 3.8) is 0 Å². The molecule has 7 rings (SSSR count). The van der Waals surface area contributed by atoms with E-state index in [0.29, 0.717) is 30.5 Å². The number of ether oxygens (including phenoxy) is 2. The number of aliphatic hydroxyl groups is 1. The second kappa shape index (κ2) is 9.42. The van der Waals surface area contributed by atoms with E-state index in [0.717, 1.165) is 24.8 Å². The molecule has 2 fully saturated rings. The normalized spacial score (nSPS) is 31.0. The summed E-state index contributed by atoms with van der Waals surface area (Å²) in [6.07, 6.45) is 3.77. The van der Waals surface area contributed by atoms with Gasteiger partial charge >= 0.3 is 0 Å². The number of nitrogens with zero attached hydrogens (tertiary/aromatic N) is 1. The van der Waals surface area contributed by atoms with Crippen molar-refractivity contribution in [1.29, 1.82) is 5.26 Å². The van der Waals surface area contributed by atoms with Crippen LogP contribution in [0.4, 0.5) is 8.78 Å². The molecule has 4 aliphatic rings. The molecule has 212 valence electrons. The minimum absolute atomic E-state index is 0.0462. The summed E-state index contributed by atoms with van der Waals surface area (Å²) in [4.78, 5) is 0. The maximum absolute atomic E-state index is 16.2. The van der Waals surface area contributed by atoms with Crippen molar-refractivity contribution in [1.82, 2.24) is 5.32 Å². The third kappa shape index (κ3) is 4.14. The summed E-state index contributed by atoms with van der Waals surface area (Å²) in [5, 5.41) is 23.9. The largest absolute Gasteiger partial charge is 0.486 e. The third-order valence-electron chi connectivity index (χ3n) is 9.65. The molecule has 2 saturated carbocycles. The Labute approximate surface area is 243 Å². The zero-order chi connectivity index (χ0) is 28.7. The Hall–Kier alpha value is -3.18. The van der Waals surface area contributed by atoms with Gasteiger partial charge in [0.25, 0.3) is 0 Å². The summed E-state index contributed by atoms with van der Waals surface area (Å²) in [5.41, 5.74) is 0.727. The lowest BCUT2D eigenvalue weighted by Crippen LogP contribution is -2.49. The number of nitriles is 1. The van der Waals surface area contributed by atoms with E-state index >= 15 is 8.78 Å². The van der Waals surface area contributed by atoms with E-state index in [9.17, 15) is 10.4 Å². The van der Waals surface area contributed by atoms with Crippen molar-refractivity contribution in [3.05, 3.63) is 81.4 Å². The quantitative estimate of drug-likeness (QED) is 0.339. The molecule has 3 aromatic rings. The van der Waals surface area contributed by atoms with Crippen LogP contribution in [0, 0.1) is 23.0 Å². The number of halogens is 3. The van der Waals surface area contributed by atoms with Gasteiger partial charge in [0.2, 0.25) is 0 Å². The minimum atomic E-state index is -0.951. The number of nitrogens with one attached hydrogen (secondary N) is 1. The van der Waals surface area contributed by atoms with Crippen molar-refractivity contribution in [2.75, 3.05) is 6.54 Å². The van der Waals surface area contributed by atoms with Crippen LogP contribution in [0.2, 0.25) is 5.02 Å². The van der Waals surface area contributed by atoms with Gasteiger partial charge in [0.15, 0.2) is 17.2 Å². The molecule has 8 heteroatoms. The molecule has 0 bridgehead atoms. The topological polar surface area (TPSA) is 74.5 Å². The van der Waals surface area contributed by atoms with Gasteiger partial charge in [-0.3, -0.25) is 0 Å². The summed E-state index contributed by atoms with van der Waals surface area (Å²) in [6, 6.07) is 15.0. The molecule has 0 amide bonds. The fourth-order valence-corrected chi connectivity index (χ4v) is 7.36. The molecule has 3 aromatic carbocycles. The zero-order valence-corrected chi connectivity index (χ0v) is 23.7. The monoisotopic (exact) mass is 576 g/mol. The number of hydrogen-bond donors (Lipinski definition) is 2. The molecule has 2 aliphatic carbocycles. The Kier molecular flexibility index (Phi) is 6.13. The highest BCUT2D eigenvalue weighted by molar-refractivity contribution is 6.34. The van der Waals surface area contributed by atoms with Gasteiger partial charge in [-0.05, 0) is 50.7 Å². The van der Waals surface area contributed by atoms with Crippen LogP contribution < -0.4 is 14.8 Å². The zero-order valence-electron chi connectivity index (χ0n) is 22.9. The lowest BCUT2D eigenvalue weighted by atomic mass is 9.76. The highest BCUT2D eigenvalue weighted by atomic mass is 35.5. The molecule has 2 heterocycles. The maximum atomic E-state index is 16.2. The van der Waals surface area contributed by atoms with Gasteiger partial charge in [0, 0.05) is 52.7 Å². The van der Waals surface area contributed by atoms with Gasteiger partial charge in [-0.15, -0.1) is 0 Å². The fourth-order valence-electron chi connectivity index (χ4n) is 7.11. The molecule has 2 unspecified atom stereocenters. The van der Waals surface area contributed by atoms with Gasteiger partial charge in [-0.1, -0.05) is 48.9 Å². The van der Waals surface area contributed by atoms with E-state index < -0.39 is 22.8 Å². The number of hydrogen-bond acceptors (Lipinski definition) is 5. The fraction of sp³-hybridized carbons (Fsp3) is 0.424. The number of fused-ring (bicyclic) bond motifs is 4. The second-order valence-electron chi connectivity index (χ2n) is 12.3. The molecule has 2 N–H and O–H groups in total. The maximum Gasteiger partial charge on any atom is 0.174 e. The number of benzene rings is 3. The summed E-state index contributed by atoms with van der Waals surface area (Å²) in [6.45, 7) is 4.25. The first kappa shape index (κ1) is 26.7. The van der Waals surface area contributed by atoms with Crippen LogP contribution in [0.15, 0.2) is 42.5 Å². The highest BCUT2D eigenvalue weighted by Crippen LogP contribution is 2.59. The predicted molar refractivity (Wildman–Crippen MR) is 151 cm³/mol. The van der Waals surface area contributed by atoms with Gasteiger partial charge in [0.1, 0.15) is 17.7 Å². The third-order valence-corrected chi connectivity index (χ3v) is 10.0. The van der Waals surface area contributed by atoms with E-state index in [-0.39, 0.29) is 57.2 Å². The molecule has 5 nitrogen and oxygen atoms in total. The van der Waals surface area contributed by atoms with E-state index in [1.807, 2.05) is 44.2 Å². The van der Waals surface area contributed by atoms with Crippen molar-refractivity contribution < 1.29 is 23.4 Å². The first-order valence-electron chi connectivity index (χ1n) is 14.3. The van der Waals surface area contributed by atoms with E-state index in [1.165, 1.54) is 6.07 Å². The molecule has 41 heavy (non-hydrogen) atoms. The second-order valence-corrected chi connectivity index (χ2v) is 12.7. The van der Waals surface area contributed by atoms with E-state index in [1.54, 1.807) is 6.07 Å². The lowest BCUT2D eigenvalue weighted by molar-refractivity contribution is 0.00890. The summed E-state index contributed by atoms with van der Waals surface area (Å²) in [7, 11) is 0. The van der Waals surface area contributed by atoms with Crippen LogP contribution in [0.5, 0.6) is 11.5 Å². The smallest absolute Gasteiger partial charge is 0.174 e. The number of rotatable bonds is 5. The predicted octanol–water partition coefficient (Wildman–Crippen LogP) is 7.08. The van der Waals surface area contributed by atoms with Crippen LogP contribution in [0.25, 0.3) is 11.1 Å². The van der Waals surface area contributed by atoms with Crippen LogP contribution in [-0.4, -0.2) is 29.4 Å². The minimum Gasteiger partial charge on any atom is -0.486 e. The van der Waals surface area contributed by atoms with Crippen molar-refractivity contribution >= 4 is 11.6 Å². The van der Waals surface area contributed by atoms with E-state index in [2.05, 4.69) is 11.4 Å². The average molecular weight is 577 g/mol. The molecule has 2 aliphatic heterocycles. The van der Waals surface area contributed by atoms with Crippen LogP contribution in [0.3, 0.4) is 0 Å².